The number of aromatic nitrogens is 2. The van der Waals surface area contributed by atoms with Gasteiger partial charge in [0, 0.05) is 17.3 Å². The number of carbonyl (C=O) groups excluding carboxylic acids is 1. The molecule has 8 heteroatoms. The Morgan fingerprint density at radius 2 is 2.10 bits per heavy atom. The molecule has 0 unspecified atom stereocenters. The number of aromatic hydroxyl groups is 1. The van der Waals surface area contributed by atoms with Crippen molar-refractivity contribution >= 4 is 28.1 Å². The Bertz CT molecular complexity index is 1070. The van der Waals surface area contributed by atoms with Gasteiger partial charge in [0.15, 0.2) is 16.5 Å². The monoisotopic (exact) mass is 429 g/mol. The van der Waals surface area contributed by atoms with E-state index in [0.29, 0.717) is 23.3 Å². The van der Waals surface area contributed by atoms with Gasteiger partial charge in [-0.3, -0.25) is 4.40 Å². The summed E-state index contributed by atoms with van der Waals surface area (Å²) in [5.41, 5.74) is 2.44. The molecule has 0 atom stereocenters. The summed E-state index contributed by atoms with van der Waals surface area (Å²) in [5, 5.41) is 13.7. The van der Waals surface area contributed by atoms with Crippen LogP contribution in [-0.4, -0.2) is 40.2 Å². The minimum atomic E-state index is -0.318. The molecule has 2 heterocycles. The number of nitrogens with one attached hydrogen (secondary N) is 1. The lowest BCUT2D eigenvalue weighted by Crippen LogP contribution is -2.23. The molecule has 4 rings (SSSR count). The Balaban J connectivity index is 1.84. The summed E-state index contributed by atoms with van der Waals surface area (Å²) >= 11 is 1.33. The first-order valence-corrected chi connectivity index (χ1v) is 11.2. The van der Waals surface area contributed by atoms with Crippen LogP contribution in [0.2, 0.25) is 0 Å². The smallest absolute Gasteiger partial charge is 0.350 e. The molecule has 1 aromatic carbocycles. The van der Waals surface area contributed by atoms with Crippen molar-refractivity contribution in [1.82, 2.24) is 9.38 Å². The van der Waals surface area contributed by atoms with Gasteiger partial charge in [-0.2, -0.15) is 0 Å². The van der Waals surface area contributed by atoms with Crippen LogP contribution in [0.15, 0.2) is 18.2 Å². The number of phenolic OH excluding ortho intramolecular Hbond substituents is 1. The standard InChI is InChI=1S/C22H27N3O4S/c1-4-29-21(27)19-13(2)25-20(23-15-8-6-5-7-9-15)18(24-22(25)30-19)14-10-11-16(26)17(12-14)28-3/h10-12,15,23,26H,4-9H2,1-3H3. The molecule has 30 heavy (non-hydrogen) atoms. The van der Waals surface area contributed by atoms with Crippen molar-refractivity contribution in [1.29, 1.82) is 0 Å². The highest BCUT2D eigenvalue weighted by atomic mass is 32.1. The molecule has 0 saturated heterocycles. The number of hydrogen-bond acceptors (Lipinski definition) is 7. The molecule has 0 aliphatic heterocycles. The maximum atomic E-state index is 12.4. The maximum absolute atomic E-state index is 12.4. The van der Waals surface area contributed by atoms with Crippen molar-refractivity contribution in [3.63, 3.8) is 0 Å². The number of carbonyl (C=O) groups is 1. The van der Waals surface area contributed by atoms with Gasteiger partial charge >= 0.3 is 5.97 Å². The topological polar surface area (TPSA) is 85.1 Å². The third kappa shape index (κ3) is 3.71. The first-order chi connectivity index (χ1) is 14.5. The van der Waals surface area contributed by atoms with Gasteiger partial charge in [-0.15, -0.1) is 0 Å². The number of aryl methyl sites for hydroxylation is 1. The predicted molar refractivity (Wildman–Crippen MR) is 118 cm³/mol. The van der Waals surface area contributed by atoms with E-state index in [1.807, 2.05) is 17.4 Å². The normalized spacial score (nSPS) is 14.8. The number of thiazole rings is 1. The SMILES string of the molecule is CCOC(=O)c1sc2nc(-c3ccc(O)c(OC)c3)c(NC3CCCCC3)n2c1C. The first kappa shape index (κ1) is 20.5. The molecule has 0 radical (unpaired) electrons. The second-order valence-electron chi connectivity index (χ2n) is 7.53. The number of rotatable bonds is 6. The minimum absolute atomic E-state index is 0.0878. The molecule has 7 nitrogen and oxygen atoms in total. The van der Waals surface area contributed by atoms with Gasteiger partial charge in [-0.05, 0) is 44.9 Å². The number of esters is 1. The fraction of sp³-hybridized carbons (Fsp3) is 0.455. The largest absolute Gasteiger partial charge is 0.504 e. The Hall–Kier alpha value is -2.74. The fourth-order valence-electron chi connectivity index (χ4n) is 4.03. The van der Waals surface area contributed by atoms with Gasteiger partial charge < -0.3 is 19.9 Å². The van der Waals surface area contributed by atoms with Gasteiger partial charge in [0.05, 0.1) is 13.7 Å². The van der Waals surface area contributed by atoms with E-state index in [4.69, 9.17) is 14.5 Å². The molecule has 1 fully saturated rings. The molecule has 2 aromatic heterocycles. The zero-order valence-electron chi connectivity index (χ0n) is 17.5. The van der Waals surface area contributed by atoms with Crippen LogP contribution in [0, 0.1) is 6.92 Å². The predicted octanol–water partition coefficient (Wildman–Crippen LogP) is 5.01. The van der Waals surface area contributed by atoms with Crippen LogP contribution >= 0.6 is 11.3 Å². The lowest BCUT2D eigenvalue weighted by molar-refractivity contribution is 0.0531. The van der Waals surface area contributed by atoms with Crippen molar-refractivity contribution in [2.45, 2.75) is 52.0 Å². The summed E-state index contributed by atoms with van der Waals surface area (Å²) in [5.74, 6) is 1.04. The molecule has 0 amide bonds. The molecule has 1 saturated carbocycles. The lowest BCUT2D eigenvalue weighted by atomic mass is 9.95. The summed E-state index contributed by atoms with van der Waals surface area (Å²) < 4.78 is 12.5. The maximum Gasteiger partial charge on any atom is 0.350 e. The van der Waals surface area contributed by atoms with E-state index >= 15 is 0 Å². The van der Waals surface area contributed by atoms with Crippen molar-refractivity contribution in [2.24, 2.45) is 0 Å². The lowest BCUT2D eigenvalue weighted by Gasteiger charge is -2.24. The highest BCUT2D eigenvalue weighted by Gasteiger charge is 2.26. The Kier molecular flexibility index (Phi) is 5.85. The molecule has 2 N–H and O–H groups in total. The van der Waals surface area contributed by atoms with Crippen LogP contribution < -0.4 is 10.1 Å². The van der Waals surface area contributed by atoms with E-state index in [1.54, 1.807) is 19.1 Å². The second-order valence-corrected chi connectivity index (χ2v) is 8.51. The third-order valence-electron chi connectivity index (χ3n) is 5.56. The van der Waals surface area contributed by atoms with Crippen molar-refractivity contribution in [3.05, 3.63) is 28.8 Å². The number of hydrogen-bond donors (Lipinski definition) is 2. The van der Waals surface area contributed by atoms with Gasteiger partial charge in [0.2, 0.25) is 0 Å². The number of ether oxygens (including phenoxy) is 2. The van der Waals surface area contributed by atoms with Crippen LogP contribution in [0.1, 0.15) is 54.4 Å². The zero-order chi connectivity index (χ0) is 21.3. The number of methoxy groups -OCH3 is 1. The number of fused-ring (bicyclic) bond motifs is 1. The van der Waals surface area contributed by atoms with Gasteiger partial charge in [-0.1, -0.05) is 30.6 Å². The van der Waals surface area contributed by atoms with E-state index in [2.05, 4.69) is 5.32 Å². The van der Waals surface area contributed by atoms with E-state index in [-0.39, 0.29) is 11.7 Å². The Morgan fingerprint density at radius 3 is 2.80 bits per heavy atom. The van der Waals surface area contributed by atoms with E-state index in [1.165, 1.54) is 37.7 Å². The quantitative estimate of drug-likeness (QED) is 0.536. The van der Waals surface area contributed by atoms with Crippen molar-refractivity contribution < 1.29 is 19.4 Å². The molecule has 160 valence electrons. The highest BCUT2D eigenvalue weighted by Crippen LogP contribution is 2.39. The Morgan fingerprint density at radius 1 is 1.33 bits per heavy atom. The Labute approximate surface area is 179 Å². The average Bonchev–Trinajstić information content (AvgIpc) is 3.26. The first-order valence-electron chi connectivity index (χ1n) is 10.4. The van der Waals surface area contributed by atoms with E-state index in [0.717, 1.165) is 40.6 Å². The van der Waals surface area contributed by atoms with Crippen LogP contribution in [0.25, 0.3) is 16.2 Å². The number of benzene rings is 1. The van der Waals surface area contributed by atoms with Gasteiger partial charge in [-0.25, -0.2) is 9.78 Å². The molecular formula is C22H27N3O4S. The number of phenols is 1. The summed E-state index contributed by atoms with van der Waals surface area (Å²) in [4.78, 5) is 18.5. The minimum Gasteiger partial charge on any atom is -0.504 e. The van der Waals surface area contributed by atoms with Gasteiger partial charge in [0.1, 0.15) is 16.4 Å². The molecule has 0 spiro atoms. The molecule has 1 aliphatic rings. The average molecular weight is 430 g/mol. The van der Waals surface area contributed by atoms with Crippen molar-refractivity contribution in [2.75, 3.05) is 19.0 Å². The van der Waals surface area contributed by atoms with E-state index < -0.39 is 0 Å². The number of nitrogens with zero attached hydrogens (tertiary/aromatic N) is 2. The third-order valence-corrected chi connectivity index (χ3v) is 6.69. The summed E-state index contributed by atoms with van der Waals surface area (Å²) in [6.45, 7) is 4.06. The van der Waals surface area contributed by atoms with Crippen LogP contribution in [0.5, 0.6) is 11.5 Å². The van der Waals surface area contributed by atoms with Crippen LogP contribution in [0.4, 0.5) is 5.82 Å². The van der Waals surface area contributed by atoms with Crippen molar-refractivity contribution in [3.8, 4) is 22.8 Å². The van der Waals surface area contributed by atoms with Crippen LogP contribution in [0.3, 0.4) is 0 Å². The molecule has 3 aromatic rings. The summed E-state index contributed by atoms with van der Waals surface area (Å²) in [6, 6.07) is 5.60. The molecular weight excluding hydrogens is 402 g/mol. The molecule has 1 aliphatic carbocycles. The van der Waals surface area contributed by atoms with E-state index in [9.17, 15) is 9.90 Å². The summed E-state index contributed by atoms with van der Waals surface area (Å²) in [6.07, 6.45) is 5.91. The molecule has 0 bridgehead atoms. The summed E-state index contributed by atoms with van der Waals surface area (Å²) in [7, 11) is 1.53. The van der Waals surface area contributed by atoms with Crippen LogP contribution in [-0.2, 0) is 4.74 Å². The fourth-order valence-corrected chi connectivity index (χ4v) is 5.05. The zero-order valence-corrected chi connectivity index (χ0v) is 18.3. The second kappa shape index (κ2) is 8.55. The number of imidazole rings is 1. The van der Waals surface area contributed by atoms with Gasteiger partial charge in [0.25, 0.3) is 0 Å². The number of anilines is 1. The highest BCUT2D eigenvalue weighted by molar-refractivity contribution is 7.19.